The molecule has 0 fully saturated rings. The highest BCUT2D eigenvalue weighted by Gasteiger charge is 2.54. The van der Waals surface area contributed by atoms with E-state index in [0.717, 1.165) is 19.1 Å². The lowest BCUT2D eigenvalue weighted by Gasteiger charge is -2.28. The number of carbonyl (C=O) groups is 2. The fourth-order valence-electron chi connectivity index (χ4n) is 2.71. The van der Waals surface area contributed by atoms with Crippen LogP contribution in [0.5, 0.6) is 0 Å². The van der Waals surface area contributed by atoms with Crippen LogP contribution >= 0.6 is 0 Å². The predicted molar refractivity (Wildman–Crippen MR) is 77.8 cm³/mol. The molecule has 0 spiro atoms. The van der Waals surface area contributed by atoms with Crippen molar-refractivity contribution in [2.24, 2.45) is 0 Å². The van der Waals surface area contributed by atoms with E-state index in [1.54, 1.807) is 30.3 Å². The Bertz CT molecular complexity index is 655. The highest BCUT2D eigenvalue weighted by Crippen LogP contribution is 2.38. The second kappa shape index (κ2) is 7.04. The number of methoxy groups -OCH3 is 2. The van der Waals surface area contributed by atoms with Crippen LogP contribution in [0.25, 0.3) is 0 Å². The zero-order valence-corrected chi connectivity index (χ0v) is 13.1. The van der Waals surface area contributed by atoms with Crippen LogP contribution in [0.4, 0.5) is 13.2 Å². The van der Waals surface area contributed by atoms with Gasteiger partial charge in [0.2, 0.25) is 0 Å². The van der Waals surface area contributed by atoms with Crippen LogP contribution in [-0.4, -0.2) is 49.8 Å². The normalized spacial score (nSPS) is 18.6. The Labute approximate surface area is 136 Å². The second-order valence-electron chi connectivity index (χ2n) is 5.21. The third-order valence-corrected chi connectivity index (χ3v) is 3.70. The highest BCUT2D eigenvalue weighted by molar-refractivity contribution is 6.02. The summed E-state index contributed by atoms with van der Waals surface area (Å²) >= 11 is 0. The number of nitrogens with zero attached hydrogens (tertiary/aromatic N) is 1. The smallest absolute Gasteiger partial charge is 0.408 e. The van der Waals surface area contributed by atoms with E-state index in [1.165, 1.54) is 0 Å². The Morgan fingerprint density at radius 1 is 1.12 bits per heavy atom. The number of ether oxygens (including phenoxy) is 2. The molecule has 1 aromatic carbocycles. The summed E-state index contributed by atoms with van der Waals surface area (Å²) in [5, 5.41) is 0. The minimum Gasteiger partial charge on any atom is -0.466 e. The van der Waals surface area contributed by atoms with Crippen LogP contribution in [0.3, 0.4) is 0 Å². The third kappa shape index (κ3) is 3.59. The molecule has 0 amide bonds. The molecule has 130 valence electrons. The monoisotopic (exact) mass is 343 g/mol. The van der Waals surface area contributed by atoms with Crippen molar-refractivity contribution < 1.29 is 32.2 Å². The number of halogens is 3. The van der Waals surface area contributed by atoms with Gasteiger partial charge in [-0.25, -0.2) is 9.59 Å². The van der Waals surface area contributed by atoms with E-state index >= 15 is 0 Å². The van der Waals surface area contributed by atoms with Crippen molar-refractivity contribution in [3.8, 4) is 0 Å². The molecular weight excluding hydrogens is 327 g/mol. The summed E-state index contributed by atoms with van der Waals surface area (Å²) in [4.78, 5) is 24.7. The average molecular weight is 343 g/mol. The van der Waals surface area contributed by atoms with Crippen molar-refractivity contribution in [3.05, 3.63) is 47.0 Å². The van der Waals surface area contributed by atoms with E-state index in [-0.39, 0.29) is 18.7 Å². The Morgan fingerprint density at radius 2 is 1.71 bits per heavy atom. The van der Waals surface area contributed by atoms with Crippen LogP contribution in [0, 0.1) is 0 Å². The van der Waals surface area contributed by atoms with Gasteiger partial charge in [0, 0.05) is 13.1 Å². The number of alkyl halides is 3. The van der Waals surface area contributed by atoms with Gasteiger partial charge >= 0.3 is 18.1 Å². The topological polar surface area (TPSA) is 55.8 Å². The van der Waals surface area contributed by atoms with Gasteiger partial charge in [-0.2, -0.15) is 13.2 Å². The standard InChI is InChI=1S/C16H16F3NO4/c1-23-14(21)11-9-20(8-10-6-4-3-5-7-10)13(16(17,18)19)12(11)15(22)24-2/h3-7,13H,8-9H2,1-2H3/t13-/m0/s1. The molecule has 0 aromatic heterocycles. The number of benzene rings is 1. The van der Waals surface area contributed by atoms with Crippen LogP contribution in [-0.2, 0) is 25.6 Å². The summed E-state index contributed by atoms with van der Waals surface area (Å²) in [6.45, 7) is -0.428. The first-order valence-electron chi connectivity index (χ1n) is 7.04. The Balaban J connectivity index is 2.44. The van der Waals surface area contributed by atoms with Crippen molar-refractivity contribution in [1.82, 2.24) is 4.90 Å². The lowest BCUT2D eigenvalue weighted by atomic mass is 10.0. The fourth-order valence-corrected chi connectivity index (χ4v) is 2.71. The molecule has 1 atom stereocenters. The number of esters is 2. The summed E-state index contributed by atoms with van der Waals surface area (Å²) in [6, 6.07) is 6.25. The van der Waals surface area contributed by atoms with E-state index in [1.807, 2.05) is 0 Å². The summed E-state index contributed by atoms with van der Waals surface area (Å²) < 4.78 is 49.7. The summed E-state index contributed by atoms with van der Waals surface area (Å²) in [7, 11) is 2.02. The Hall–Kier alpha value is -2.35. The van der Waals surface area contributed by atoms with Crippen LogP contribution in [0.2, 0.25) is 0 Å². The van der Waals surface area contributed by atoms with E-state index < -0.39 is 29.7 Å². The van der Waals surface area contributed by atoms with Gasteiger partial charge in [0.15, 0.2) is 0 Å². The van der Waals surface area contributed by atoms with Crippen molar-refractivity contribution in [2.45, 2.75) is 18.8 Å². The Morgan fingerprint density at radius 3 is 2.21 bits per heavy atom. The van der Waals surface area contributed by atoms with Crippen molar-refractivity contribution in [3.63, 3.8) is 0 Å². The van der Waals surface area contributed by atoms with Gasteiger partial charge in [-0.15, -0.1) is 0 Å². The molecule has 8 heteroatoms. The first-order valence-corrected chi connectivity index (χ1v) is 7.04. The molecule has 1 aliphatic rings. The molecule has 0 saturated heterocycles. The number of carbonyl (C=O) groups excluding carboxylic acids is 2. The number of hydrogen-bond acceptors (Lipinski definition) is 5. The van der Waals surface area contributed by atoms with Crippen LogP contribution in [0.15, 0.2) is 41.5 Å². The van der Waals surface area contributed by atoms with Crippen molar-refractivity contribution in [1.29, 1.82) is 0 Å². The van der Waals surface area contributed by atoms with Crippen LogP contribution < -0.4 is 0 Å². The van der Waals surface area contributed by atoms with Crippen molar-refractivity contribution in [2.75, 3.05) is 20.8 Å². The summed E-state index contributed by atoms with van der Waals surface area (Å²) in [5.74, 6) is -2.16. The van der Waals surface area contributed by atoms with Gasteiger partial charge in [-0.3, -0.25) is 4.90 Å². The summed E-state index contributed by atoms with van der Waals surface area (Å²) in [5.41, 5.74) is -0.419. The number of rotatable bonds is 4. The molecule has 2 rings (SSSR count). The fraction of sp³-hybridized carbons (Fsp3) is 0.375. The SMILES string of the molecule is COC(=O)C1=C(C(=O)OC)[C@@H](C(F)(F)F)N(Cc2ccccc2)C1. The molecule has 1 heterocycles. The zero-order valence-electron chi connectivity index (χ0n) is 13.1. The van der Waals surface area contributed by atoms with Gasteiger partial charge in [-0.05, 0) is 5.56 Å². The second-order valence-corrected chi connectivity index (χ2v) is 5.21. The molecule has 0 bridgehead atoms. The van der Waals surface area contributed by atoms with Gasteiger partial charge in [0.1, 0.15) is 6.04 Å². The van der Waals surface area contributed by atoms with Gasteiger partial charge in [-0.1, -0.05) is 30.3 Å². The quantitative estimate of drug-likeness (QED) is 0.784. The van der Waals surface area contributed by atoms with Crippen LogP contribution in [0.1, 0.15) is 5.56 Å². The van der Waals surface area contributed by atoms with E-state index in [4.69, 9.17) is 0 Å². The largest absolute Gasteiger partial charge is 0.466 e. The first-order chi connectivity index (χ1) is 11.3. The molecule has 24 heavy (non-hydrogen) atoms. The third-order valence-electron chi connectivity index (χ3n) is 3.70. The van der Waals surface area contributed by atoms with Gasteiger partial charge in [0.25, 0.3) is 0 Å². The average Bonchev–Trinajstić information content (AvgIpc) is 2.93. The Kier molecular flexibility index (Phi) is 5.28. The molecule has 0 aliphatic carbocycles. The maximum Gasteiger partial charge on any atom is 0.408 e. The summed E-state index contributed by atoms with van der Waals surface area (Å²) in [6.07, 6.45) is -4.74. The first kappa shape index (κ1) is 18.0. The van der Waals surface area contributed by atoms with Crippen molar-refractivity contribution >= 4 is 11.9 Å². The molecule has 0 unspecified atom stereocenters. The lowest BCUT2D eigenvalue weighted by molar-refractivity contribution is -0.174. The molecule has 1 aliphatic heterocycles. The van der Waals surface area contributed by atoms with E-state index in [2.05, 4.69) is 9.47 Å². The molecule has 1 aromatic rings. The molecule has 0 N–H and O–H groups in total. The predicted octanol–water partition coefficient (Wildman–Crippen LogP) is 2.08. The molecular formula is C16H16F3NO4. The molecule has 0 saturated carbocycles. The minimum atomic E-state index is -4.74. The number of hydrogen-bond donors (Lipinski definition) is 0. The zero-order chi connectivity index (χ0) is 17.9. The molecule has 0 radical (unpaired) electrons. The molecule has 5 nitrogen and oxygen atoms in total. The minimum absolute atomic E-state index is 0.0774. The van der Waals surface area contributed by atoms with Gasteiger partial charge < -0.3 is 9.47 Å². The maximum absolute atomic E-state index is 13.6. The lowest BCUT2D eigenvalue weighted by Crippen LogP contribution is -2.44. The van der Waals surface area contributed by atoms with Gasteiger partial charge in [0.05, 0.1) is 25.4 Å². The maximum atomic E-state index is 13.6. The van der Waals surface area contributed by atoms with E-state index in [9.17, 15) is 22.8 Å². The highest BCUT2D eigenvalue weighted by atomic mass is 19.4. The van der Waals surface area contributed by atoms with E-state index in [0.29, 0.717) is 5.56 Å².